The summed E-state index contributed by atoms with van der Waals surface area (Å²) in [4.78, 5) is 59.0. The molecule has 1 fully saturated rings. The number of nitrogens with zero attached hydrogens (tertiary/aromatic N) is 2. The Kier molecular flexibility index (Phi) is 11.1. The molecule has 1 heterocycles. The van der Waals surface area contributed by atoms with Crippen molar-refractivity contribution in [1.29, 1.82) is 0 Å². The number of benzene rings is 2. The Hall–Kier alpha value is -4.53. The van der Waals surface area contributed by atoms with Crippen molar-refractivity contribution >= 4 is 29.4 Å². The maximum atomic E-state index is 13.4. The number of nitrogens with two attached hydrogens (primary N) is 1. The summed E-state index contributed by atoms with van der Waals surface area (Å²) >= 11 is 0. The number of halogens is 3. The van der Waals surface area contributed by atoms with E-state index in [1.807, 2.05) is 30.3 Å². The number of nitrogens with one attached hydrogen (secondary N) is 1. The predicted molar refractivity (Wildman–Crippen MR) is 133 cm³/mol. The Bertz CT molecular complexity index is 1210. The second kappa shape index (κ2) is 14.0. The zero-order chi connectivity index (χ0) is 30.0. The lowest BCUT2D eigenvalue weighted by molar-refractivity contribution is -0.384. The van der Waals surface area contributed by atoms with Gasteiger partial charge < -0.3 is 25.8 Å². The maximum Gasteiger partial charge on any atom is 0.490 e. The van der Waals surface area contributed by atoms with Crippen LogP contribution in [0.1, 0.15) is 25.3 Å². The third-order valence-electron chi connectivity index (χ3n) is 5.63. The lowest BCUT2D eigenvalue weighted by Crippen LogP contribution is -2.55. The molecule has 2 amide bonds. The average molecular weight is 569 g/mol. The summed E-state index contributed by atoms with van der Waals surface area (Å²) in [6, 6.07) is 11.9. The third kappa shape index (κ3) is 9.34. The van der Waals surface area contributed by atoms with E-state index >= 15 is 0 Å². The molecular formula is C25H27F3N4O8. The van der Waals surface area contributed by atoms with Gasteiger partial charge in [0.25, 0.3) is 5.69 Å². The highest BCUT2D eigenvalue weighted by Crippen LogP contribution is 2.23. The molecule has 3 atom stereocenters. The molecule has 0 radical (unpaired) electrons. The van der Waals surface area contributed by atoms with Crippen LogP contribution in [0.25, 0.3) is 0 Å². The Morgan fingerprint density at radius 1 is 1.15 bits per heavy atom. The number of carboxylic acid groups (broad SMARTS) is 1. The largest absolute Gasteiger partial charge is 0.490 e. The number of carboxylic acids is 1. The summed E-state index contributed by atoms with van der Waals surface area (Å²) in [5, 5.41) is 20.6. The Balaban J connectivity index is 0.000000708. The Morgan fingerprint density at radius 3 is 2.23 bits per heavy atom. The molecule has 0 aromatic heterocycles. The average Bonchev–Trinajstić information content (AvgIpc) is 3.39. The number of likely N-dealkylation sites (tertiary alicyclic amines) is 1. The number of carbonyl (C=O) groups excluding carboxylic acids is 3. The fourth-order valence-corrected chi connectivity index (χ4v) is 3.65. The van der Waals surface area contributed by atoms with Crippen LogP contribution in [0.15, 0.2) is 54.6 Å². The van der Waals surface area contributed by atoms with Crippen LogP contribution in [0.4, 0.5) is 18.9 Å². The van der Waals surface area contributed by atoms with Crippen molar-refractivity contribution in [3.8, 4) is 5.75 Å². The van der Waals surface area contributed by atoms with Gasteiger partial charge in [-0.2, -0.15) is 13.2 Å². The lowest BCUT2D eigenvalue weighted by Gasteiger charge is -2.28. The first-order valence-corrected chi connectivity index (χ1v) is 11.9. The van der Waals surface area contributed by atoms with Crippen molar-refractivity contribution in [1.82, 2.24) is 10.2 Å². The van der Waals surface area contributed by atoms with Crippen LogP contribution in [0, 0.1) is 10.1 Å². The van der Waals surface area contributed by atoms with E-state index in [1.54, 1.807) is 0 Å². The molecule has 216 valence electrons. The molecule has 12 nitrogen and oxygen atoms in total. The lowest BCUT2D eigenvalue weighted by atomic mass is 10.0. The second-order valence-corrected chi connectivity index (χ2v) is 8.70. The minimum Gasteiger partial charge on any atom is -0.475 e. The third-order valence-corrected chi connectivity index (χ3v) is 5.63. The number of esters is 1. The van der Waals surface area contributed by atoms with Gasteiger partial charge in [-0.3, -0.25) is 19.7 Å². The minimum absolute atomic E-state index is 0.124. The SMILES string of the molecule is C[C@H](N)C(=O)N[C@@H](Cc1ccccc1)C(=O)N1CCC[C@H]1C(=O)Oc1ccc([N+](=O)[O-])cc1.O=C(O)C(F)(F)F. The van der Waals surface area contributed by atoms with Gasteiger partial charge in [0.05, 0.1) is 11.0 Å². The molecule has 2 aromatic rings. The van der Waals surface area contributed by atoms with E-state index in [4.69, 9.17) is 20.4 Å². The standard InChI is InChI=1S/C23H26N4O6.C2HF3O2/c1-15(24)21(28)25-19(14-16-6-3-2-4-7-16)22(29)26-13-5-8-20(26)23(30)33-18-11-9-17(10-12-18)27(31)32;3-2(4,5)1(6)7/h2-4,6-7,9-12,15,19-20H,5,8,13-14,24H2,1H3,(H,25,28);(H,6,7)/t15-,19-,20-;/m0./s1. The van der Waals surface area contributed by atoms with Crippen molar-refractivity contribution in [2.45, 2.75) is 50.5 Å². The molecule has 0 aliphatic carbocycles. The van der Waals surface area contributed by atoms with Gasteiger partial charge in [-0.1, -0.05) is 30.3 Å². The maximum absolute atomic E-state index is 13.4. The summed E-state index contributed by atoms with van der Waals surface area (Å²) in [5.41, 5.74) is 6.40. The first-order valence-electron chi connectivity index (χ1n) is 11.9. The monoisotopic (exact) mass is 568 g/mol. The number of rotatable bonds is 8. The number of nitro benzene ring substituents is 1. The predicted octanol–water partition coefficient (Wildman–Crippen LogP) is 2.20. The van der Waals surface area contributed by atoms with Gasteiger partial charge in [-0.05, 0) is 37.5 Å². The number of carbonyl (C=O) groups is 4. The van der Waals surface area contributed by atoms with E-state index in [0.717, 1.165) is 5.56 Å². The van der Waals surface area contributed by atoms with E-state index < -0.39 is 53.0 Å². The van der Waals surface area contributed by atoms with Gasteiger partial charge in [-0.25, -0.2) is 9.59 Å². The number of amides is 2. The molecule has 1 aliphatic heterocycles. The van der Waals surface area contributed by atoms with Crippen molar-refractivity contribution in [2.24, 2.45) is 5.73 Å². The van der Waals surface area contributed by atoms with Crippen molar-refractivity contribution in [3.63, 3.8) is 0 Å². The smallest absolute Gasteiger partial charge is 0.475 e. The molecule has 4 N–H and O–H groups in total. The van der Waals surface area contributed by atoms with Crippen LogP contribution in [0.2, 0.25) is 0 Å². The fourth-order valence-electron chi connectivity index (χ4n) is 3.65. The Labute approximate surface area is 226 Å². The summed E-state index contributed by atoms with van der Waals surface area (Å²) in [7, 11) is 0. The van der Waals surface area contributed by atoms with Gasteiger partial charge >= 0.3 is 18.1 Å². The molecule has 15 heteroatoms. The number of non-ortho nitro benzene ring substituents is 1. The number of nitro groups is 1. The number of hydrogen-bond donors (Lipinski definition) is 3. The molecule has 0 unspecified atom stereocenters. The highest BCUT2D eigenvalue weighted by Gasteiger charge is 2.39. The van der Waals surface area contributed by atoms with Gasteiger partial charge in [0, 0.05) is 25.1 Å². The number of hydrogen-bond acceptors (Lipinski definition) is 8. The van der Waals surface area contributed by atoms with E-state index in [2.05, 4.69) is 5.32 Å². The van der Waals surface area contributed by atoms with Crippen LogP contribution >= 0.6 is 0 Å². The first-order chi connectivity index (χ1) is 18.7. The molecule has 0 bridgehead atoms. The highest BCUT2D eigenvalue weighted by molar-refractivity contribution is 5.92. The summed E-state index contributed by atoms with van der Waals surface area (Å²) < 4.78 is 37.1. The van der Waals surface area contributed by atoms with Crippen LogP contribution in [0.5, 0.6) is 5.75 Å². The summed E-state index contributed by atoms with van der Waals surface area (Å²) in [6.07, 6.45) is -3.82. The minimum atomic E-state index is -5.08. The molecule has 1 saturated heterocycles. The molecule has 0 spiro atoms. The van der Waals surface area contributed by atoms with Crippen molar-refractivity contribution < 1.29 is 47.1 Å². The van der Waals surface area contributed by atoms with Gasteiger partial charge in [0.1, 0.15) is 17.8 Å². The molecule has 2 aromatic carbocycles. The summed E-state index contributed by atoms with van der Waals surface area (Å²) in [6.45, 7) is 1.87. The fraction of sp³-hybridized carbons (Fsp3) is 0.360. The van der Waals surface area contributed by atoms with Crippen LogP contribution < -0.4 is 15.8 Å². The van der Waals surface area contributed by atoms with Crippen LogP contribution in [-0.2, 0) is 25.6 Å². The number of aliphatic carboxylic acids is 1. The van der Waals surface area contributed by atoms with E-state index in [0.29, 0.717) is 19.4 Å². The molecular weight excluding hydrogens is 541 g/mol. The van der Waals surface area contributed by atoms with Crippen LogP contribution in [0.3, 0.4) is 0 Å². The van der Waals surface area contributed by atoms with Crippen molar-refractivity contribution in [3.05, 3.63) is 70.3 Å². The second-order valence-electron chi connectivity index (χ2n) is 8.70. The quantitative estimate of drug-likeness (QED) is 0.186. The molecule has 1 aliphatic rings. The van der Waals surface area contributed by atoms with E-state index in [1.165, 1.54) is 36.1 Å². The zero-order valence-electron chi connectivity index (χ0n) is 21.2. The zero-order valence-corrected chi connectivity index (χ0v) is 21.2. The molecule has 0 saturated carbocycles. The molecule has 3 rings (SSSR count). The number of alkyl halides is 3. The van der Waals surface area contributed by atoms with E-state index in [9.17, 15) is 37.7 Å². The Morgan fingerprint density at radius 2 is 1.73 bits per heavy atom. The summed E-state index contributed by atoms with van der Waals surface area (Å²) in [5.74, 6) is -4.10. The highest BCUT2D eigenvalue weighted by atomic mass is 19.4. The van der Waals surface area contributed by atoms with Gasteiger partial charge in [0.15, 0.2) is 0 Å². The first kappa shape index (κ1) is 31.7. The normalized spacial score (nSPS) is 16.1. The number of ether oxygens (including phenoxy) is 1. The topological polar surface area (TPSA) is 182 Å². The molecule has 40 heavy (non-hydrogen) atoms. The van der Waals surface area contributed by atoms with E-state index in [-0.39, 0.29) is 17.9 Å². The van der Waals surface area contributed by atoms with Gasteiger partial charge in [-0.15, -0.1) is 0 Å². The van der Waals surface area contributed by atoms with Gasteiger partial charge in [0.2, 0.25) is 11.8 Å². The van der Waals surface area contributed by atoms with Crippen molar-refractivity contribution in [2.75, 3.05) is 6.54 Å². The van der Waals surface area contributed by atoms with Crippen LogP contribution in [-0.4, -0.2) is 69.5 Å².